The summed E-state index contributed by atoms with van der Waals surface area (Å²) in [6.07, 6.45) is 7.22. The van der Waals surface area contributed by atoms with Crippen LogP contribution in [0.3, 0.4) is 0 Å². The number of carbonyl (C=O) groups excluding carboxylic acids is 1. The minimum absolute atomic E-state index is 0.0210. The number of hydrogen-bond donors (Lipinski definition) is 1. The number of hydrogen-bond acceptors (Lipinski definition) is 6. The van der Waals surface area contributed by atoms with Crippen molar-refractivity contribution in [2.75, 3.05) is 13.1 Å². The molecular weight excluding hydrogens is 332 g/mol. The summed E-state index contributed by atoms with van der Waals surface area (Å²) in [7, 11) is 1.91. The topological polar surface area (TPSA) is 93.8 Å². The second-order valence-electron chi connectivity index (χ2n) is 7.11. The average Bonchev–Trinajstić information content (AvgIpc) is 3.24. The van der Waals surface area contributed by atoms with Crippen molar-refractivity contribution in [2.24, 2.45) is 13.0 Å². The number of rotatable bonds is 8. The van der Waals surface area contributed by atoms with Crippen molar-refractivity contribution < 1.29 is 4.79 Å². The summed E-state index contributed by atoms with van der Waals surface area (Å²) >= 11 is 0. The number of nitrogens with zero attached hydrogens (tertiary/aromatic N) is 7. The third-order valence-electron chi connectivity index (χ3n) is 4.99. The molecule has 0 aliphatic carbocycles. The quantitative estimate of drug-likeness (QED) is 0.746. The third-order valence-corrected chi connectivity index (χ3v) is 4.99. The second-order valence-corrected chi connectivity index (χ2v) is 7.11. The molecule has 1 amide bonds. The maximum Gasteiger partial charge on any atom is 0.220 e. The summed E-state index contributed by atoms with van der Waals surface area (Å²) in [6, 6.07) is 0. The summed E-state index contributed by atoms with van der Waals surface area (Å²) < 4.78 is 3.72. The van der Waals surface area contributed by atoms with E-state index < -0.39 is 0 Å². The molecule has 1 aliphatic rings. The predicted molar refractivity (Wildman–Crippen MR) is 95.8 cm³/mol. The van der Waals surface area contributed by atoms with Crippen LogP contribution in [0.15, 0.2) is 12.4 Å². The van der Waals surface area contributed by atoms with Gasteiger partial charge in [0.25, 0.3) is 0 Å². The van der Waals surface area contributed by atoms with Gasteiger partial charge in [-0.3, -0.25) is 9.69 Å². The standard InChI is InChI=1S/C17H28N8O/c1-14-5-9-24(10-6-14)13-16-20-21-22-25(16)8-3-4-17(26)19-12-15-18-7-11-23(15)2/h7,11,14H,3-6,8-10,12-13H2,1-2H3,(H,19,26). The summed E-state index contributed by atoms with van der Waals surface area (Å²) in [6.45, 7) is 6.40. The van der Waals surface area contributed by atoms with E-state index in [9.17, 15) is 4.79 Å². The molecule has 9 nitrogen and oxygen atoms in total. The van der Waals surface area contributed by atoms with Crippen LogP contribution in [0.5, 0.6) is 0 Å². The molecule has 142 valence electrons. The van der Waals surface area contributed by atoms with Crippen molar-refractivity contribution >= 4 is 5.91 Å². The molecule has 0 atom stereocenters. The lowest BCUT2D eigenvalue weighted by molar-refractivity contribution is -0.121. The van der Waals surface area contributed by atoms with Gasteiger partial charge in [0, 0.05) is 32.4 Å². The molecule has 1 fully saturated rings. The smallest absolute Gasteiger partial charge is 0.220 e. The molecule has 2 aromatic rings. The van der Waals surface area contributed by atoms with Gasteiger partial charge in [-0.05, 0) is 48.7 Å². The Bertz CT molecular complexity index is 701. The molecule has 9 heteroatoms. The molecule has 0 saturated carbocycles. The molecule has 0 radical (unpaired) electrons. The van der Waals surface area contributed by atoms with Gasteiger partial charge in [0.15, 0.2) is 5.82 Å². The van der Waals surface area contributed by atoms with Gasteiger partial charge in [0.05, 0.1) is 13.1 Å². The maximum atomic E-state index is 12.0. The Hall–Kier alpha value is -2.29. The van der Waals surface area contributed by atoms with Crippen LogP contribution in [-0.4, -0.2) is 53.7 Å². The normalized spacial score (nSPS) is 16.1. The monoisotopic (exact) mass is 360 g/mol. The first-order valence-electron chi connectivity index (χ1n) is 9.32. The fourth-order valence-electron chi connectivity index (χ4n) is 3.15. The number of likely N-dealkylation sites (tertiary alicyclic amines) is 1. The molecule has 1 N–H and O–H groups in total. The number of carbonyl (C=O) groups is 1. The van der Waals surface area contributed by atoms with Gasteiger partial charge < -0.3 is 9.88 Å². The number of aryl methyl sites for hydroxylation is 2. The fraction of sp³-hybridized carbons (Fsp3) is 0.706. The highest BCUT2D eigenvalue weighted by atomic mass is 16.1. The maximum absolute atomic E-state index is 12.0. The van der Waals surface area contributed by atoms with E-state index >= 15 is 0 Å². The Balaban J connectivity index is 1.39. The van der Waals surface area contributed by atoms with Crippen LogP contribution in [0.25, 0.3) is 0 Å². The Labute approximate surface area is 153 Å². The van der Waals surface area contributed by atoms with Crippen LogP contribution in [0, 0.1) is 5.92 Å². The zero-order valence-electron chi connectivity index (χ0n) is 15.6. The minimum Gasteiger partial charge on any atom is -0.349 e. The molecule has 3 heterocycles. The summed E-state index contributed by atoms with van der Waals surface area (Å²) in [5.41, 5.74) is 0. The third kappa shape index (κ3) is 5.10. The summed E-state index contributed by atoms with van der Waals surface area (Å²) in [4.78, 5) is 18.6. The second kappa shape index (κ2) is 8.88. The van der Waals surface area contributed by atoms with Crippen molar-refractivity contribution in [1.29, 1.82) is 0 Å². The van der Waals surface area contributed by atoms with Crippen LogP contribution in [0.1, 0.15) is 44.3 Å². The predicted octanol–water partition coefficient (Wildman–Crippen LogP) is 0.735. The first-order valence-corrected chi connectivity index (χ1v) is 9.32. The van der Waals surface area contributed by atoms with E-state index in [1.165, 1.54) is 12.8 Å². The van der Waals surface area contributed by atoms with Gasteiger partial charge in [0.1, 0.15) is 5.82 Å². The number of aromatic nitrogens is 6. The van der Waals surface area contributed by atoms with Gasteiger partial charge in [-0.25, -0.2) is 9.67 Å². The molecule has 26 heavy (non-hydrogen) atoms. The number of nitrogens with one attached hydrogen (secondary N) is 1. The fourth-order valence-corrected chi connectivity index (χ4v) is 3.15. The first kappa shape index (κ1) is 18.5. The molecule has 1 saturated heterocycles. The Kier molecular flexibility index (Phi) is 6.32. The van der Waals surface area contributed by atoms with Crippen LogP contribution in [-0.2, 0) is 31.5 Å². The molecule has 1 aliphatic heterocycles. The number of imidazole rings is 1. The van der Waals surface area contributed by atoms with Crippen molar-refractivity contribution in [3.63, 3.8) is 0 Å². The molecule has 0 aromatic carbocycles. The Morgan fingerprint density at radius 3 is 2.85 bits per heavy atom. The highest BCUT2D eigenvalue weighted by Crippen LogP contribution is 2.17. The molecule has 3 rings (SSSR count). The van der Waals surface area contributed by atoms with E-state index in [4.69, 9.17) is 0 Å². The van der Waals surface area contributed by atoms with Crippen LogP contribution in [0.2, 0.25) is 0 Å². The highest BCUT2D eigenvalue weighted by Gasteiger charge is 2.18. The largest absolute Gasteiger partial charge is 0.349 e. The lowest BCUT2D eigenvalue weighted by atomic mass is 9.99. The summed E-state index contributed by atoms with van der Waals surface area (Å²) in [5, 5.41) is 14.9. The van der Waals surface area contributed by atoms with E-state index in [1.807, 2.05) is 22.5 Å². The lowest BCUT2D eigenvalue weighted by Gasteiger charge is -2.29. The molecule has 0 bridgehead atoms. The van der Waals surface area contributed by atoms with E-state index in [0.29, 0.717) is 25.9 Å². The van der Waals surface area contributed by atoms with Gasteiger partial charge in [-0.15, -0.1) is 5.10 Å². The van der Waals surface area contributed by atoms with Crippen molar-refractivity contribution in [1.82, 2.24) is 40.0 Å². The first-order chi connectivity index (χ1) is 12.6. The lowest BCUT2D eigenvalue weighted by Crippen LogP contribution is -2.33. The van der Waals surface area contributed by atoms with Crippen molar-refractivity contribution in [2.45, 2.75) is 52.2 Å². The van der Waals surface area contributed by atoms with E-state index in [2.05, 4.69) is 37.6 Å². The van der Waals surface area contributed by atoms with Crippen molar-refractivity contribution in [3.05, 3.63) is 24.0 Å². The zero-order chi connectivity index (χ0) is 18.4. The van der Waals surface area contributed by atoms with Crippen LogP contribution < -0.4 is 5.32 Å². The zero-order valence-corrected chi connectivity index (χ0v) is 15.6. The molecule has 0 spiro atoms. The SMILES string of the molecule is CC1CCN(Cc2nnnn2CCCC(=O)NCc2nccn2C)CC1. The van der Waals surface area contributed by atoms with E-state index in [-0.39, 0.29) is 5.91 Å². The average molecular weight is 360 g/mol. The minimum atomic E-state index is 0.0210. The highest BCUT2D eigenvalue weighted by molar-refractivity contribution is 5.75. The van der Waals surface area contributed by atoms with Gasteiger partial charge in [-0.2, -0.15) is 0 Å². The van der Waals surface area contributed by atoms with E-state index in [0.717, 1.165) is 37.2 Å². The summed E-state index contributed by atoms with van der Waals surface area (Å²) in [5.74, 6) is 2.56. The number of piperidine rings is 1. The van der Waals surface area contributed by atoms with E-state index in [1.54, 1.807) is 6.20 Å². The van der Waals surface area contributed by atoms with Gasteiger partial charge in [-0.1, -0.05) is 6.92 Å². The Morgan fingerprint density at radius 1 is 1.31 bits per heavy atom. The molecule has 0 unspecified atom stereocenters. The Morgan fingerprint density at radius 2 is 2.12 bits per heavy atom. The molecule has 2 aromatic heterocycles. The van der Waals surface area contributed by atoms with Gasteiger partial charge in [0.2, 0.25) is 5.91 Å². The molecular formula is C17H28N8O. The van der Waals surface area contributed by atoms with Gasteiger partial charge >= 0.3 is 0 Å². The number of amides is 1. The van der Waals surface area contributed by atoms with Crippen LogP contribution in [0.4, 0.5) is 0 Å². The van der Waals surface area contributed by atoms with Crippen LogP contribution >= 0.6 is 0 Å². The number of tetrazole rings is 1. The van der Waals surface area contributed by atoms with Crippen molar-refractivity contribution in [3.8, 4) is 0 Å².